The molecule has 2 aliphatic heterocycles. The van der Waals surface area contributed by atoms with Gasteiger partial charge in [-0.3, -0.25) is 4.79 Å². The minimum Gasteiger partial charge on any atom is -0.493 e. The fourth-order valence-corrected chi connectivity index (χ4v) is 6.31. The van der Waals surface area contributed by atoms with Crippen LogP contribution in [0.3, 0.4) is 0 Å². The standard InChI is InChI=1S/C25H28N4O5S/c1-17-14-24(30)27-21-6-5-19(16-20(17)21)26-25(31)18-4-7-22(28-8-2-3-9-28)23(15-18)35(32,33)29-10-12-34-13-11-29/h4-7,14-16H,2-3,8-13H2,1H3,(H,26,31)(H,27,30). The summed E-state index contributed by atoms with van der Waals surface area (Å²) in [7, 11) is -3.80. The molecule has 1 amide bonds. The van der Waals surface area contributed by atoms with E-state index in [2.05, 4.69) is 15.2 Å². The van der Waals surface area contributed by atoms with E-state index >= 15 is 0 Å². The molecule has 184 valence electrons. The summed E-state index contributed by atoms with van der Waals surface area (Å²) in [6.07, 6.45) is 2.01. The molecule has 2 aliphatic rings. The molecule has 10 heteroatoms. The number of anilines is 2. The number of rotatable bonds is 5. The van der Waals surface area contributed by atoms with Crippen LogP contribution in [-0.4, -0.2) is 68.1 Å². The molecule has 0 atom stereocenters. The predicted molar refractivity (Wildman–Crippen MR) is 134 cm³/mol. The van der Waals surface area contributed by atoms with Crippen molar-refractivity contribution in [2.75, 3.05) is 49.6 Å². The summed E-state index contributed by atoms with van der Waals surface area (Å²) in [5, 5.41) is 13.4. The third-order valence-corrected chi connectivity index (χ3v) is 8.44. The fourth-order valence-electron chi connectivity index (χ4n) is 4.66. The summed E-state index contributed by atoms with van der Waals surface area (Å²) in [4.78, 5) is 19.5. The van der Waals surface area contributed by atoms with Crippen molar-refractivity contribution in [3.05, 3.63) is 53.6 Å². The number of amides is 1. The highest BCUT2D eigenvalue weighted by Gasteiger charge is 2.31. The maximum absolute atomic E-state index is 13.6. The van der Waals surface area contributed by atoms with E-state index in [0.717, 1.165) is 36.9 Å². The molecule has 0 spiro atoms. The molecule has 0 unspecified atom stereocenters. The Morgan fingerprint density at radius 1 is 1.03 bits per heavy atom. The normalized spacial score (nSPS) is 17.1. The van der Waals surface area contributed by atoms with Crippen molar-refractivity contribution in [3.63, 3.8) is 0 Å². The number of fused-ring (bicyclic) bond motifs is 1. The fraction of sp³-hybridized carbons (Fsp3) is 0.360. The lowest BCUT2D eigenvalue weighted by Crippen LogP contribution is -2.41. The Labute approximate surface area is 204 Å². The first-order valence-electron chi connectivity index (χ1n) is 11.7. The Bertz CT molecular complexity index is 1380. The first kappa shape index (κ1) is 23.5. The number of nitrogens with one attached hydrogen (secondary N) is 1. The van der Waals surface area contributed by atoms with Gasteiger partial charge >= 0.3 is 0 Å². The summed E-state index contributed by atoms with van der Waals surface area (Å²) in [6.45, 7) is 4.72. The number of sulfonamides is 1. The van der Waals surface area contributed by atoms with Gasteiger partial charge in [-0.2, -0.15) is 4.31 Å². The highest BCUT2D eigenvalue weighted by molar-refractivity contribution is 7.89. The molecule has 1 aromatic heterocycles. The van der Waals surface area contributed by atoms with E-state index in [-0.39, 0.29) is 29.4 Å². The van der Waals surface area contributed by atoms with Crippen LogP contribution in [0, 0.1) is 6.92 Å². The molecule has 2 N–H and O–H groups in total. The second kappa shape index (κ2) is 9.44. The molecule has 0 aliphatic carbocycles. The van der Waals surface area contributed by atoms with E-state index in [0.29, 0.717) is 30.1 Å². The average molecular weight is 497 g/mol. The lowest BCUT2D eigenvalue weighted by molar-refractivity contribution is 0.0730. The van der Waals surface area contributed by atoms with Gasteiger partial charge in [-0.05, 0) is 61.7 Å². The number of benzene rings is 2. The van der Waals surface area contributed by atoms with Gasteiger partial charge < -0.3 is 20.1 Å². The molecule has 2 aromatic carbocycles. The number of pyridine rings is 1. The van der Waals surface area contributed by atoms with Crippen LogP contribution >= 0.6 is 0 Å². The molecule has 2 fully saturated rings. The zero-order valence-corrected chi connectivity index (χ0v) is 20.3. The predicted octanol–water partition coefficient (Wildman–Crippen LogP) is 3.12. The molecule has 5 rings (SSSR count). The lowest BCUT2D eigenvalue weighted by Gasteiger charge is -2.29. The quantitative estimate of drug-likeness (QED) is 0.558. The zero-order valence-electron chi connectivity index (χ0n) is 19.5. The largest absolute Gasteiger partial charge is 0.493 e. The Hall–Kier alpha value is -3.21. The number of ether oxygens (including phenoxy) is 1. The zero-order chi connectivity index (χ0) is 24.6. The van der Waals surface area contributed by atoms with Gasteiger partial charge in [-0.15, -0.1) is 0 Å². The third kappa shape index (κ3) is 4.69. The van der Waals surface area contributed by atoms with Crippen molar-refractivity contribution in [2.24, 2.45) is 0 Å². The topological polar surface area (TPSA) is 112 Å². The van der Waals surface area contributed by atoms with Gasteiger partial charge in [0.15, 0.2) is 0 Å². The van der Waals surface area contributed by atoms with E-state index in [9.17, 15) is 18.3 Å². The van der Waals surface area contributed by atoms with Gasteiger partial charge in [0.05, 0.1) is 24.4 Å². The first-order chi connectivity index (χ1) is 16.8. The highest BCUT2D eigenvalue weighted by Crippen LogP contribution is 2.32. The number of aromatic nitrogens is 1. The molecule has 0 radical (unpaired) electrons. The number of nitrogens with zero attached hydrogens (tertiary/aromatic N) is 3. The summed E-state index contributed by atoms with van der Waals surface area (Å²) >= 11 is 0. The van der Waals surface area contributed by atoms with Gasteiger partial charge in [0.1, 0.15) is 4.90 Å². The van der Waals surface area contributed by atoms with Crippen LogP contribution in [0.15, 0.2) is 47.4 Å². The molecule has 2 saturated heterocycles. The Morgan fingerprint density at radius 2 is 1.77 bits per heavy atom. The highest BCUT2D eigenvalue weighted by atomic mass is 32.2. The monoisotopic (exact) mass is 496 g/mol. The Morgan fingerprint density at radius 3 is 2.51 bits per heavy atom. The second-order valence-corrected chi connectivity index (χ2v) is 10.8. The van der Waals surface area contributed by atoms with Gasteiger partial charge in [-0.1, -0.05) is 0 Å². The van der Waals surface area contributed by atoms with Crippen molar-refractivity contribution < 1.29 is 23.1 Å². The number of aryl methyl sites for hydroxylation is 1. The number of morpholine rings is 1. The first-order valence-corrected chi connectivity index (χ1v) is 13.2. The summed E-state index contributed by atoms with van der Waals surface area (Å²) in [6, 6.07) is 11.7. The third-order valence-electron chi connectivity index (χ3n) is 6.52. The molecule has 0 bridgehead atoms. The smallest absolute Gasteiger partial charge is 0.255 e. The van der Waals surface area contributed by atoms with Crippen molar-refractivity contribution in [3.8, 4) is 5.88 Å². The molecule has 9 nitrogen and oxygen atoms in total. The van der Waals surface area contributed by atoms with E-state index in [1.807, 2.05) is 6.92 Å². The van der Waals surface area contributed by atoms with Crippen LogP contribution in [0.4, 0.5) is 11.4 Å². The SMILES string of the molecule is Cc1cc(O)nc2ccc(NC(=O)c3ccc(N4CCCC4)c(S(=O)(=O)N4CCOCC4)c3)cc12. The molecule has 3 heterocycles. The lowest BCUT2D eigenvalue weighted by atomic mass is 10.1. The Balaban J connectivity index is 1.48. The van der Waals surface area contributed by atoms with Crippen LogP contribution in [-0.2, 0) is 14.8 Å². The van der Waals surface area contributed by atoms with E-state index in [1.54, 1.807) is 36.4 Å². The summed E-state index contributed by atoms with van der Waals surface area (Å²) in [5.41, 5.74) is 2.91. The molecular formula is C25H28N4O5S. The van der Waals surface area contributed by atoms with E-state index in [4.69, 9.17) is 4.74 Å². The van der Waals surface area contributed by atoms with Crippen molar-refractivity contribution in [2.45, 2.75) is 24.7 Å². The number of hydrogen-bond acceptors (Lipinski definition) is 7. The number of aromatic hydroxyl groups is 1. The minimum atomic E-state index is -3.80. The van der Waals surface area contributed by atoms with Crippen LogP contribution < -0.4 is 10.2 Å². The van der Waals surface area contributed by atoms with E-state index < -0.39 is 15.9 Å². The minimum absolute atomic E-state index is 0.0566. The van der Waals surface area contributed by atoms with Gasteiger partial charge in [0, 0.05) is 48.9 Å². The molecule has 3 aromatic rings. The summed E-state index contributed by atoms with van der Waals surface area (Å²) < 4.78 is 34.0. The van der Waals surface area contributed by atoms with Crippen LogP contribution in [0.2, 0.25) is 0 Å². The molecule has 35 heavy (non-hydrogen) atoms. The van der Waals surface area contributed by atoms with Crippen LogP contribution in [0.5, 0.6) is 5.88 Å². The molecule has 0 saturated carbocycles. The number of hydrogen-bond donors (Lipinski definition) is 2. The number of carbonyl (C=O) groups is 1. The van der Waals surface area contributed by atoms with Crippen molar-refractivity contribution in [1.82, 2.24) is 9.29 Å². The van der Waals surface area contributed by atoms with Crippen LogP contribution in [0.1, 0.15) is 28.8 Å². The van der Waals surface area contributed by atoms with Gasteiger partial charge in [-0.25, -0.2) is 13.4 Å². The van der Waals surface area contributed by atoms with Gasteiger partial charge in [0.2, 0.25) is 15.9 Å². The number of carbonyl (C=O) groups excluding carboxylic acids is 1. The maximum atomic E-state index is 13.6. The van der Waals surface area contributed by atoms with E-state index in [1.165, 1.54) is 10.4 Å². The summed E-state index contributed by atoms with van der Waals surface area (Å²) in [5.74, 6) is -0.459. The van der Waals surface area contributed by atoms with Crippen molar-refractivity contribution in [1.29, 1.82) is 0 Å². The van der Waals surface area contributed by atoms with Crippen LogP contribution in [0.25, 0.3) is 10.9 Å². The molecular weight excluding hydrogens is 468 g/mol. The van der Waals surface area contributed by atoms with Crippen molar-refractivity contribution >= 4 is 38.2 Å². The van der Waals surface area contributed by atoms with Gasteiger partial charge in [0.25, 0.3) is 5.91 Å². The second-order valence-electron chi connectivity index (χ2n) is 8.88. The maximum Gasteiger partial charge on any atom is 0.255 e. The Kier molecular flexibility index (Phi) is 6.35. The average Bonchev–Trinajstić information content (AvgIpc) is 3.39.